The zero-order valence-electron chi connectivity index (χ0n) is 14.5. The SMILES string of the molecule is CCC(=C(c1ccc(O)cc1)c1ccc(C(=O)O)cc1)c1ccccc1. The molecule has 130 valence electrons. The Morgan fingerprint density at radius 3 is 1.73 bits per heavy atom. The normalized spacial score (nSPS) is 11.7. The highest BCUT2D eigenvalue weighted by molar-refractivity contribution is 5.99. The molecule has 0 unspecified atom stereocenters. The number of aromatic carboxylic acids is 1. The van der Waals surface area contributed by atoms with Crippen molar-refractivity contribution >= 4 is 17.1 Å². The monoisotopic (exact) mass is 344 g/mol. The predicted molar refractivity (Wildman–Crippen MR) is 104 cm³/mol. The van der Waals surface area contributed by atoms with Gasteiger partial charge in [-0.25, -0.2) is 4.79 Å². The standard InChI is InChI=1S/C23H20O3/c1-2-21(16-6-4-3-5-7-16)22(18-12-14-20(24)15-13-18)17-8-10-19(11-9-17)23(25)26/h3-15,24H,2H2,1H3,(H,25,26). The number of phenolic OH excluding ortho intramolecular Hbond substituents is 1. The van der Waals surface area contributed by atoms with Crippen LogP contribution in [-0.2, 0) is 0 Å². The van der Waals surface area contributed by atoms with Crippen LogP contribution in [0.1, 0.15) is 40.4 Å². The first-order valence-electron chi connectivity index (χ1n) is 8.52. The molecule has 0 amide bonds. The molecule has 0 fully saturated rings. The van der Waals surface area contributed by atoms with Gasteiger partial charge in [0.05, 0.1) is 5.56 Å². The van der Waals surface area contributed by atoms with E-state index in [1.54, 1.807) is 24.3 Å². The van der Waals surface area contributed by atoms with E-state index in [4.69, 9.17) is 5.11 Å². The Kier molecular flexibility index (Phi) is 5.18. The fourth-order valence-electron chi connectivity index (χ4n) is 3.09. The number of phenols is 1. The fourth-order valence-corrected chi connectivity index (χ4v) is 3.09. The first-order chi connectivity index (χ1) is 12.6. The molecule has 3 aromatic rings. The number of carboxylic acid groups (broad SMARTS) is 1. The van der Waals surface area contributed by atoms with E-state index in [0.29, 0.717) is 0 Å². The Balaban J connectivity index is 2.23. The quantitative estimate of drug-likeness (QED) is 0.604. The Labute approximate surface area is 152 Å². The summed E-state index contributed by atoms with van der Waals surface area (Å²) in [5.41, 5.74) is 5.51. The van der Waals surface area contributed by atoms with Gasteiger partial charge in [-0.2, -0.15) is 0 Å². The number of hydrogen-bond donors (Lipinski definition) is 2. The molecule has 3 aromatic carbocycles. The van der Waals surface area contributed by atoms with Gasteiger partial charge in [-0.15, -0.1) is 0 Å². The van der Waals surface area contributed by atoms with E-state index in [-0.39, 0.29) is 11.3 Å². The number of allylic oxidation sites excluding steroid dienone is 1. The first-order valence-corrected chi connectivity index (χ1v) is 8.52. The number of carboxylic acids is 1. The van der Waals surface area contributed by atoms with E-state index in [9.17, 15) is 9.90 Å². The molecular formula is C23H20O3. The van der Waals surface area contributed by atoms with Crippen LogP contribution in [0.5, 0.6) is 5.75 Å². The third-order valence-corrected chi connectivity index (χ3v) is 4.35. The lowest BCUT2D eigenvalue weighted by molar-refractivity contribution is 0.0697. The molecule has 0 saturated heterocycles. The first kappa shape index (κ1) is 17.5. The van der Waals surface area contributed by atoms with Crippen LogP contribution in [0.2, 0.25) is 0 Å². The molecule has 0 saturated carbocycles. The average Bonchev–Trinajstić information content (AvgIpc) is 2.68. The molecule has 0 aliphatic carbocycles. The molecule has 3 nitrogen and oxygen atoms in total. The lowest BCUT2D eigenvalue weighted by Crippen LogP contribution is -1.98. The average molecular weight is 344 g/mol. The van der Waals surface area contributed by atoms with Crippen molar-refractivity contribution in [3.05, 3.63) is 101 Å². The van der Waals surface area contributed by atoms with Crippen LogP contribution in [0.25, 0.3) is 11.1 Å². The molecule has 0 aliphatic rings. The maximum atomic E-state index is 11.2. The van der Waals surface area contributed by atoms with Crippen LogP contribution in [-0.4, -0.2) is 16.2 Å². The Hall–Kier alpha value is -3.33. The van der Waals surface area contributed by atoms with Gasteiger partial charge in [-0.3, -0.25) is 0 Å². The number of hydrogen-bond acceptors (Lipinski definition) is 2. The summed E-state index contributed by atoms with van der Waals surface area (Å²) in [5.74, 6) is -0.724. The predicted octanol–water partition coefficient (Wildman–Crippen LogP) is 5.46. The number of aromatic hydroxyl groups is 1. The van der Waals surface area contributed by atoms with Crippen LogP contribution in [0, 0.1) is 0 Å². The Morgan fingerprint density at radius 1 is 0.731 bits per heavy atom. The summed E-state index contributed by atoms with van der Waals surface area (Å²) >= 11 is 0. The van der Waals surface area contributed by atoms with Crippen LogP contribution in [0.4, 0.5) is 0 Å². The fraction of sp³-hybridized carbons (Fsp3) is 0.0870. The van der Waals surface area contributed by atoms with Gasteiger partial charge >= 0.3 is 5.97 Å². The van der Waals surface area contributed by atoms with E-state index < -0.39 is 5.97 Å². The van der Waals surface area contributed by atoms with Crippen molar-refractivity contribution in [1.29, 1.82) is 0 Å². The highest BCUT2D eigenvalue weighted by atomic mass is 16.4. The van der Waals surface area contributed by atoms with Gasteiger partial charge in [0.15, 0.2) is 0 Å². The molecule has 0 atom stereocenters. The van der Waals surface area contributed by atoms with Crippen molar-refractivity contribution in [2.24, 2.45) is 0 Å². The summed E-state index contributed by atoms with van der Waals surface area (Å²) in [4.78, 5) is 11.2. The summed E-state index contributed by atoms with van der Waals surface area (Å²) in [7, 11) is 0. The lowest BCUT2D eigenvalue weighted by Gasteiger charge is -2.16. The highest BCUT2D eigenvalue weighted by Gasteiger charge is 2.14. The van der Waals surface area contributed by atoms with Gasteiger partial charge in [0.25, 0.3) is 0 Å². The van der Waals surface area contributed by atoms with Crippen molar-refractivity contribution in [2.75, 3.05) is 0 Å². The second-order valence-corrected chi connectivity index (χ2v) is 6.00. The molecule has 3 rings (SSSR count). The van der Waals surface area contributed by atoms with Crippen molar-refractivity contribution in [2.45, 2.75) is 13.3 Å². The van der Waals surface area contributed by atoms with Crippen LogP contribution in [0.3, 0.4) is 0 Å². The topological polar surface area (TPSA) is 57.5 Å². The highest BCUT2D eigenvalue weighted by Crippen LogP contribution is 2.35. The van der Waals surface area contributed by atoms with Gasteiger partial charge in [-0.05, 0) is 58.5 Å². The van der Waals surface area contributed by atoms with Crippen LogP contribution >= 0.6 is 0 Å². The zero-order chi connectivity index (χ0) is 18.5. The van der Waals surface area contributed by atoms with Gasteiger partial charge in [-0.1, -0.05) is 61.5 Å². The second kappa shape index (κ2) is 7.70. The molecule has 3 heteroatoms. The summed E-state index contributed by atoms with van der Waals surface area (Å²) in [6, 6.07) is 24.2. The summed E-state index contributed by atoms with van der Waals surface area (Å²) in [6.45, 7) is 2.11. The minimum absolute atomic E-state index is 0.215. The van der Waals surface area contributed by atoms with Crippen LogP contribution in [0.15, 0.2) is 78.9 Å². The Morgan fingerprint density at radius 2 is 1.23 bits per heavy atom. The lowest BCUT2D eigenvalue weighted by atomic mass is 9.88. The molecule has 26 heavy (non-hydrogen) atoms. The van der Waals surface area contributed by atoms with Crippen molar-refractivity contribution in [3.8, 4) is 5.75 Å². The molecule has 0 aromatic heterocycles. The second-order valence-electron chi connectivity index (χ2n) is 6.00. The van der Waals surface area contributed by atoms with E-state index in [2.05, 4.69) is 19.1 Å². The van der Waals surface area contributed by atoms with Gasteiger partial charge in [0.1, 0.15) is 5.75 Å². The molecule has 0 bridgehead atoms. The summed E-state index contributed by atoms with van der Waals surface area (Å²) in [5, 5.41) is 18.8. The zero-order valence-corrected chi connectivity index (χ0v) is 14.5. The minimum atomic E-state index is -0.939. The van der Waals surface area contributed by atoms with E-state index in [1.807, 2.05) is 42.5 Å². The van der Waals surface area contributed by atoms with E-state index in [1.165, 1.54) is 5.57 Å². The minimum Gasteiger partial charge on any atom is -0.508 e. The van der Waals surface area contributed by atoms with Gasteiger partial charge in [0, 0.05) is 0 Å². The number of carbonyl (C=O) groups is 1. The molecule has 0 radical (unpaired) electrons. The van der Waals surface area contributed by atoms with E-state index in [0.717, 1.165) is 28.7 Å². The molecule has 0 aliphatic heterocycles. The van der Waals surface area contributed by atoms with Crippen molar-refractivity contribution in [1.82, 2.24) is 0 Å². The largest absolute Gasteiger partial charge is 0.508 e. The summed E-state index contributed by atoms with van der Waals surface area (Å²) in [6.07, 6.45) is 0.820. The molecule has 0 heterocycles. The molecule has 2 N–H and O–H groups in total. The van der Waals surface area contributed by atoms with Crippen molar-refractivity contribution < 1.29 is 15.0 Å². The van der Waals surface area contributed by atoms with Gasteiger partial charge in [0.2, 0.25) is 0 Å². The molecular weight excluding hydrogens is 324 g/mol. The smallest absolute Gasteiger partial charge is 0.335 e. The van der Waals surface area contributed by atoms with Crippen molar-refractivity contribution in [3.63, 3.8) is 0 Å². The maximum absolute atomic E-state index is 11.2. The number of rotatable bonds is 5. The van der Waals surface area contributed by atoms with Crippen LogP contribution < -0.4 is 0 Å². The number of benzene rings is 3. The van der Waals surface area contributed by atoms with E-state index >= 15 is 0 Å². The third-order valence-electron chi connectivity index (χ3n) is 4.35. The maximum Gasteiger partial charge on any atom is 0.335 e. The van der Waals surface area contributed by atoms with Gasteiger partial charge < -0.3 is 10.2 Å². The molecule has 0 spiro atoms. The summed E-state index contributed by atoms with van der Waals surface area (Å²) < 4.78 is 0. The third kappa shape index (κ3) is 3.67. The Bertz CT molecular complexity index is 921.